The Morgan fingerprint density at radius 1 is 0.962 bits per heavy atom. The van der Waals surface area contributed by atoms with Crippen LogP contribution in [0.15, 0.2) is 36.1 Å². The summed E-state index contributed by atoms with van der Waals surface area (Å²) < 4.78 is 15.8. The third kappa shape index (κ3) is 7.78. The van der Waals surface area contributed by atoms with Gasteiger partial charge in [-0.1, -0.05) is 0 Å². The van der Waals surface area contributed by atoms with E-state index in [1.807, 2.05) is 0 Å². The highest BCUT2D eigenvalue weighted by Gasteiger charge is 2.24. The second-order valence-corrected chi connectivity index (χ2v) is 7.40. The van der Waals surface area contributed by atoms with E-state index in [1.54, 1.807) is 41.5 Å². The monoisotopic (exact) mass is 365 g/mol. The van der Waals surface area contributed by atoms with Crippen molar-refractivity contribution in [1.29, 1.82) is 0 Å². The van der Waals surface area contributed by atoms with Crippen LogP contribution >= 0.6 is 0 Å². The minimum absolute atomic E-state index is 0.132. The van der Waals surface area contributed by atoms with Gasteiger partial charge in [0.15, 0.2) is 0 Å². The molecule has 0 aromatic heterocycles. The van der Waals surface area contributed by atoms with E-state index >= 15 is 0 Å². The van der Waals surface area contributed by atoms with Gasteiger partial charge in [0.25, 0.3) is 5.69 Å². The minimum Gasteiger partial charge on any atom is -0.457 e. The summed E-state index contributed by atoms with van der Waals surface area (Å²) in [6.45, 7) is 10.1. The molecule has 0 saturated heterocycles. The number of hydrogen-bond donors (Lipinski definition) is 0. The highest BCUT2D eigenvalue weighted by molar-refractivity contribution is 5.95. The standard InChI is InChI=1S/C18H23NO7/c1-17(2,3)25-15(20)11-14(16(21)26-18(4,5)6)24-13-9-7-12(8-10-13)19(22)23/h7-11H,1-6H3/b14-11+. The molecular formula is C18H23NO7. The Morgan fingerprint density at radius 2 is 1.46 bits per heavy atom. The second kappa shape index (κ2) is 7.99. The normalized spacial score (nSPS) is 12.3. The molecule has 1 rings (SSSR count). The zero-order chi connectivity index (χ0) is 20.1. The van der Waals surface area contributed by atoms with Crippen LogP contribution in [0.1, 0.15) is 41.5 Å². The molecule has 0 saturated carbocycles. The third-order valence-electron chi connectivity index (χ3n) is 2.53. The summed E-state index contributed by atoms with van der Waals surface area (Å²) in [4.78, 5) is 34.4. The first-order valence-electron chi connectivity index (χ1n) is 7.87. The number of carbonyl (C=O) groups is 2. The molecule has 0 aliphatic carbocycles. The molecule has 0 bridgehead atoms. The van der Waals surface area contributed by atoms with Gasteiger partial charge in [-0.05, 0) is 53.7 Å². The van der Waals surface area contributed by atoms with Crippen molar-refractivity contribution in [2.45, 2.75) is 52.7 Å². The molecule has 8 nitrogen and oxygen atoms in total. The SMILES string of the molecule is CC(C)(C)OC(=O)/C=C(/Oc1ccc([N+](=O)[O-])cc1)C(=O)OC(C)(C)C. The molecule has 142 valence electrons. The Morgan fingerprint density at radius 3 is 1.88 bits per heavy atom. The average Bonchev–Trinajstić information content (AvgIpc) is 2.43. The summed E-state index contributed by atoms with van der Waals surface area (Å²) in [5, 5.41) is 10.7. The molecule has 26 heavy (non-hydrogen) atoms. The first kappa shape index (κ1) is 21.1. The fraction of sp³-hybridized carbons (Fsp3) is 0.444. The quantitative estimate of drug-likeness (QED) is 0.258. The first-order chi connectivity index (χ1) is 11.8. The van der Waals surface area contributed by atoms with Gasteiger partial charge in [0.05, 0.1) is 11.0 Å². The van der Waals surface area contributed by atoms with Crippen LogP contribution in [-0.4, -0.2) is 28.1 Å². The lowest BCUT2D eigenvalue weighted by Crippen LogP contribution is -2.28. The van der Waals surface area contributed by atoms with Gasteiger partial charge in [0.1, 0.15) is 17.0 Å². The van der Waals surface area contributed by atoms with Gasteiger partial charge in [-0.2, -0.15) is 0 Å². The number of ether oxygens (including phenoxy) is 3. The summed E-state index contributed by atoms with van der Waals surface area (Å²) in [6.07, 6.45) is 0.890. The highest BCUT2D eigenvalue weighted by atomic mass is 16.6. The lowest BCUT2D eigenvalue weighted by Gasteiger charge is -2.21. The molecule has 0 N–H and O–H groups in total. The number of non-ortho nitro benzene ring substituents is 1. The molecule has 0 spiro atoms. The first-order valence-corrected chi connectivity index (χ1v) is 7.87. The van der Waals surface area contributed by atoms with Gasteiger partial charge in [0, 0.05) is 12.1 Å². The van der Waals surface area contributed by atoms with Gasteiger partial charge in [-0.3, -0.25) is 10.1 Å². The fourth-order valence-corrected chi connectivity index (χ4v) is 1.66. The maximum absolute atomic E-state index is 12.3. The lowest BCUT2D eigenvalue weighted by atomic mass is 10.2. The van der Waals surface area contributed by atoms with Crippen LogP contribution in [0.25, 0.3) is 0 Å². The molecule has 0 unspecified atom stereocenters. The predicted molar refractivity (Wildman–Crippen MR) is 93.5 cm³/mol. The number of benzene rings is 1. The number of nitro benzene ring substituents is 1. The molecule has 0 amide bonds. The lowest BCUT2D eigenvalue weighted by molar-refractivity contribution is -0.384. The van der Waals surface area contributed by atoms with Crippen LogP contribution in [0.3, 0.4) is 0 Å². The molecule has 8 heteroatoms. The van der Waals surface area contributed by atoms with Crippen molar-refractivity contribution in [3.8, 4) is 5.75 Å². The predicted octanol–water partition coefficient (Wildman–Crippen LogP) is 3.54. The van der Waals surface area contributed by atoms with E-state index in [9.17, 15) is 19.7 Å². The summed E-state index contributed by atoms with van der Waals surface area (Å²) >= 11 is 0. The van der Waals surface area contributed by atoms with Crippen LogP contribution in [-0.2, 0) is 19.1 Å². The molecule has 0 heterocycles. The van der Waals surface area contributed by atoms with Crippen LogP contribution < -0.4 is 4.74 Å². The van der Waals surface area contributed by atoms with E-state index in [2.05, 4.69) is 0 Å². The zero-order valence-corrected chi connectivity index (χ0v) is 15.7. The van der Waals surface area contributed by atoms with Crippen molar-refractivity contribution in [2.24, 2.45) is 0 Å². The second-order valence-electron chi connectivity index (χ2n) is 7.40. The Balaban J connectivity index is 3.08. The van der Waals surface area contributed by atoms with Crippen molar-refractivity contribution in [3.63, 3.8) is 0 Å². The molecule has 0 aliphatic rings. The van der Waals surface area contributed by atoms with Crippen molar-refractivity contribution in [2.75, 3.05) is 0 Å². The Hall–Kier alpha value is -2.90. The number of nitro groups is 1. The number of rotatable bonds is 5. The smallest absolute Gasteiger partial charge is 0.375 e. The zero-order valence-electron chi connectivity index (χ0n) is 15.7. The number of nitrogens with zero attached hydrogens (tertiary/aromatic N) is 1. The fourth-order valence-electron chi connectivity index (χ4n) is 1.66. The van der Waals surface area contributed by atoms with Gasteiger partial charge in [-0.15, -0.1) is 0 Å². The third-order valence-corrected chi connectivity index (χ3v) is 2.53. The van der Waals surface area contributed by atoms with E-state index < -0.39 is 28.1 Å². The largest absolute Gasteiger partial charge is 0.457 e. The number of hydrogen-bond acceptors (Lipinski definition) is 7. The Labute approximate surface area is 151 Å². The number of carbonyl (C=O) groups excluding carboxylic acids is 2. The molecule has 1 aromatic carbocycles. The summed E-state index contributed by atoms with van der Waals surface area (Å²) in [5.41, 5.74) is -1.68. The van der Waals surface area contributed by atoms with Gasteiger partial charge < -0.3 is 14.2 Å². The highest BCUT2D eigenvalue weighted by Crippen LogP contribution is 2.21. The Bertz CT molecular complexity index is 707. The van der Waals surface area contributed by atoms with Crippen LogP contribution in [0.2, 0.25) is 0 Å². The van der Waals surface area contributed by atoms with Crippen molar-refractivity contribution < 1.29 is 28.7 Å². The number of esters is 2. The van der Waals surface area contributed by atoms with E-state index in [4.69, 9.17) is 14.2 Å². The van der Waals surface area contributed by atoms with Crippen molar-refractivity contribution >= 4 is 17.6 Å². The van der Waals surface area contributed by atoms with Crippen LogP contribution in [0, 0.1) is 10.1 Å². The van der Waals surface area contributed by atoms with Gasteiger partial charge in [-0.25, -0.2) is 9.59 Å². The van der Waals surface area contributed by atoms with Crippen LogP contribution in [0.4, 0.5) is 5.69 Å². The average molecular weight is 365 g/mol. The summed E-state index contributed by atoms with van der Waals surface area (Å²) in [7, 11) is 0. The maximum Gasteiger partial charge on any atom is 0.375 e. The Kier molecular flexibility index (Phi) is 6.49. The van der Waals surface area contributed by atoms with E-state index in [-0.39, 0.29) is 17.2 Å². The van der Waals surface area contributed by atoms with Gasteiger partial charge in [0.2, 0.25) is 5.76 Å². The molecule has 0 radical (unpaired) electrons. The van der Waals surface area contributed by atoms with Crippen LogP contribution in [0.5, 0.6) is 5.75 Å². The molecule has 0 aliphatic heterocycles. The molecule has 1 aromatic rings. The van der Waals surface area contributed by atoms with Crippen molar-refractivity contribution in [3.05, 3.63) is 46.2 Å². The van der Waals surface area contributed by atoms with E-state index in [0.29, 0.717) is 0 Å². The molecule has 0 fully saturated rings. The van der Waals surface area contributed by atoms with Crippen molar-refractivity contribution in [1.82, 2.24) is 0 Å². The van der Waals surface area contributed by atoms with E-state index in [0.717, 1.165) is 6.08 Å². The van der Waals surface area contributed by atoms with E-state index in [1.165, 1.54) is 24.3 Å². The summed E-state index contributed by atoms with van der Waals surface area (Å²) in [5.74, 6) is -1.89. The summed E-state index contributed by atoms with van der Waals surface area (Å²) in [6, 6.07) is 5.06. The van der Waals surface area contributed by atoms with Gasteiger partial charge >= 0.3 is 11.9 Å². The molecular weight excluding hydrogens is 342 g/mol. The topological polar surface area (TPSA) is 105 Å². The maximum atomic E-state index is 12.3. The minimum atomic E-state index is -0.860. The molecule has 0 atom stereocenters.